The van der Waals surface area contributed by atoms with Crippen LogP contribution >= 0.6 is 0 Å². The molecule has 0 spiro atoms. The largest absolute Gasteiger partial charge is 0.338 e. The van der Waals surface area contributed by atoms with Crippen molar-refractivity contribution >= 4 is 16.8 Å². The van der Waals surface area contributed by atoms with Crippen LogP contribution in [-0.4, -0.2) is 32.9 Å². The molecule has 0 radical (unpaired) electrons. The van der Waals surface area contributed by atoms with Crippen molar-refractivity contribution in [3.05, 3.63) is 45.1 Å². The van der Waals surface area contributed by atoms with E-state index in [4.69, 9.17) is 0 Å². The predicted molar refractivity (Wildman–Crippen MR) is 95.5 cm³/mol. The molecule has 1 aliphatic heterocycles. The molecule has 6 nitrogen and oxygen atoms in total. The van der Waals surface area contributed by atoms with Gasteiger partial charge in [0.05, 0.1) is 10.9 Å². The van der Waals surface area contributed by atoms with Crippen LogP contribution in [0.1, 0.15) is 38.5 Å². The summed E-state index contributed by atoms with van der Waals surface area (Å²) >= 11 is 0. The van der Waals surface area contributed by atoms with E-state index in [0.717, 1.165) is 19.4 Å². The van der Waals surface area contributed by atoms with Crippen LogP contribution in [0.4, 0.5) is 0 Å². The Hall–Kier alpha value is -2.37. The highest BCUT2D eigenvalue weighted by molar-refractivity contribution is 5.81. The summed E-state index contributed by atoms with van der Waals surface area (Å²) in [6.07, 6.45) is 7.03. The first-order chi connectivity index (χ1) is 12.1. The summed E-state index contributed by atoms with van der Waals surface area (Å²) in [6, 6.07) is 7.24. The first-order valence-electron chi connectivity index (χ1n) is 9.16. The zero-order valence-electron chi connectivity index (χ0n) is 14.2. The molecule has 1 saturated heterocycles. The van der Waals surface area contributed by atoms with Crippen molar-refractivity contribution in [3.63, 3.8) is 0 Å². The lowest BCUT2D eigenvalue weighted by atomic mass is 9.96. The third-order valence-corrected chi connectivity index (χ3v) is 5.76. The number of H-pyrrole nitrogens is 1. The molecule has 25 heavy (non-hydrogen) atoms. The predicted octanol–water partition coefficient (Wildman–Crippen LogP) is 1.87. The number of amides is 1. The van der Waals surface area contributed by atoms with Crippen LogP contribution in [0.5, 0.6) is 0 Å². The van der Waals surface area contributed by atoms with E-state index in [1.165, 1.54) is 30.3 Å². The summed E-state index contributed by atoms with van der Waals surface area (Å²) in [7, 11) is 0. The lowest BCUT2D eigenvalue weighted by molar-refractivity contribution is -0.133. The van der Waals surface area contributed by atoms with Crippen LogP contribution in [0.2, 0.25) is 0 Å². The minimum atomic E-state index is -0.520. The number of para-hydroxylation sites is 1. The lowest BCUT2D eigenvalue weighted by Gasteiger charge is -2.29. The Kier molecular flexibility index (Phi) is 4.19. The number of carbonyl (C=O) groups excluding carboxylic acids is 1. The minimum absolute atomic E-state index is 0.0145. The summed E-state index contributed by atoms with van der Waals surface area (Å²) < 4.78 is 1.39. The summed E-state index contributed by atoms with van der Waals surface area (Å²) in [6.45, 7) is 0.759. The molecule has 0 bridgehead atoms. The van der Waals surface area contributed by atoms with Crippen molar-refractivity contribution in [1.82, 2.24) is 14.5 Å². The second-order valence-electron chi connectivity index (χ2n) is 7.20. The molecule has 2 aromatic rings. The van der Waals surface area contributed by atoms with Crippen molar-refractivity contribution in [2.75, 3.05) is 6.54 Å². The van der Waals surface area contributed by atoms with Gasteiger partial charge in [-0.1, -0.05) is 25.0 Å². The molecule has 1 saturated carbocycles. The van der Waals surface area contributed by atoms with Gasteiger partial charge >= 0.3 is 5.69 Å². The van der Waals surface area contributed by atoms with E-state index in [0.29, 0.717) is 22.9 Å². The second kappa shape index (κ2) is 6.50. The standard InChI is InChI=1S/C19H23N3O3/c23-17(21-11-5-10-15(21)13-6-1-2-7-13)12-22-16-9-4-3-8-14(16)18(24)20-19(22)25/h3-4,8-9,13,15H,1-2,5-7,10-12H2,(H,20,24,25). The average Bonchev–Trinajstić information content (AvgIpc) is 3.29. The number of benzene rings is 1. The molecule has 1 aromatic carbocycles. The van der Waals surface area contributed by atoms with Crippen LogP contribution in [0.3, 0.4) is 0 Å². The molecular weight excluding hydrogens is 318 g/mol. The quantitative estimate of drug-likeness (QED) is 0.926. The van der Waals surface area contributed by atoms with Gasteiger partial charge in [-0.2, -0.15) is 0 Å². The fraction of sp³-hybridized carbons (Fsp3) is 0.526. The van der Waals surface area contributed by atoms with E-state index < -0.39 is 11.2 Å². The number of aromatic nitrogens is 2. The molecule has 1 aromatic heterocycles. The molecule has 2 fully saturated rings. The Morgan fingerprint density at radius 1 is 1.08 bits per heavy atom. The smallest absolute Gasteiger partial charge is 0.329 e. The van der Waals surface area contributed by atoms with Gasteiger partial charge in [0.1, 0.15) is 6.54 Å². The van der Waals surface area contributed by atoms with Gasteiger partial charge in [-0.05, 0) is 43.7 Å². The number of hydrogen-bond acceptors (Lipinski definition) is 3. The topological polar surface area (TPSA) is 75.2 Å². The molecule has 2 aliphatic rings. The Bertz CT molecular complexity index is 908. The minimum Gasteiger partial charge on any atom is -0.338 e. The van der Waals surface area contributed by atoms with Crippen LogP contribution < -0.4 is 11.2 Å². The van der Waals surface area contributed by atoms with E-state index in [1.807, 2.05) is 4.90 Å². The number of aromatic amines is 1. The monoisotopic (exact) mass is 341 g/mol. The molecule has 1 aliphatic carbocycles. The Morgan fingerprint density at radius 3 is 2.64 bits per heavy atom. The summed E-state index contributed by atoms with van der Waals surface area (Å²) in [5.74, 6) is 0.587. The number of likely N-dealkylation sites (tertiary alicyclic amines) is 1. The van der Waals surface area contributed by atoms with Gasteiger partial charge in [0.25, 0.3) is 5.56 Å². The van der Waals surface area contributed by atoms with Crippen LogP contribution in [-0.2, 0) is 11.3 Å². The van der Waals surface area contributed by atoms with Crippen molar-refractivity contribution in [2.24, 2.45) is 5.92 Å². The van der Waals surface area contributed by atoms with Gasteiger partial charge in [0.2, 0.25) is 5.91 Å². The maximum Gasteiger partial charge on any atom is 0.329 e. The molecule has 6 heteroatoms. The van der Waals surface area contributed by atoms with E-state index in [1.54, 1.807) is 24.3 Å². The fourth-order valence-electron chi connectivity index (χ4n) is 4.56. The molecule has 2 heterocycles. The van der Waals surface area contributed by atoms with Gasteiger partial charge in [0, 0.05) is 12.6 Å². The maximum absolute atomic E-state index is 12.9. The van der Waals surface area contributed by atoms with Crippen molar-refractivity contribution in [1.29, 1.82) is 0 Å². The van der Waals surface area contributed by atoms with Gasteiger partial charge in [-0.25, -0.2) is 4.79 Å². The number of nitrogens with zero attached hydrogens (tertiary/aromatic N) is 2. The summed E-state index contributed by atoms with van der Waals surface area (Å²) in [5.41, 5.74) is -0.413. The highest BCUT2D eigenvalue weighted by Crippen LogP contribution is 2.35. The van der Waals surface area contributed by atoms with Gasteiger partial charge in [-0.15, -0.1) is 0 Å². The zero-order chi connectivity index (χ0) is 17.4. The van der Waals surface area contributed by atoms with Gasteiger partial charge in [0.15, 0.2) is 0 Å². The highest BCUT2D eigenvalue weighted by Gasteiger charge is 2.35. The number of fused-ring (bicyclic) bond motifs is 1. The molecular formula is C19H23N3O3. The molecule has 4 rings (SSSR count). The van der Waals surface area contributed by atoms with Crippen molar-refractivity contribution in [2.45, 2.75) is 51.1 Å². The number of rotatable bonds is 3. The maximum atomic E-state index is 12.9. The van der Waals surface area contributed by atoms with E-state index in [-0.39, 0.29) is 12.5 Å². The third kappa shape index (κ3) is 2.90. The Balaban J connectivity index is 1.64. The fourth-order valence-corrected chi connectivity index (χ4v) is 4.56. The molecule has 1 amide bonds. The van der Waals surface area contributed by atoms with Crippen molar-refractivity contribution in [3.8, 4) is 0 Å². The van der Waals surface area contributed by atoms with E-state index >= 15 is 0 Å². The van der Waals surface area contributed by atoms with E-state index in [2.05, 4.69) is 4.98 Å². The number of hydrogen-bond donors (Lipinski definition) is 1. The van der Waals surface area contributed by atoms with E-state index in [9.17, 15) is 14.4 Å². The average molecular weight is 341 g/mol. The first kappa shape index (κ1) is 16.1. The van der Waals surface area contributed by atoms with Gasteiger partial charge < -0.3 is 4.90 Å². The lowest BCUT2D eigenvalue weighted by Crippen LogP contribution is -2.43. The highest BCUT2D eigenvalue weighted by atomic mass is 16.2. The third-order valence-electron chi connectivity index (χ3n) is 5.76. The molecule has 1 N–H and O–H groups in total. The zero-order valence-corrected chi connectivity index (χ0v) is 14.2. The van der Waals surface area contributed by atoms with Crippen molar-refractivity contribution < 1.29 is 4.79 Å². The van der Waals surface area contributed by atoms with Gasteiger partial charge in [-0.3, -0.25) is 19.1 Å². The van der Waals surface area contributed by atoms with Crippen LogP contribution in [0.25, 0.3) is 10.9 Å². The first-order valence-corrected chi connectivity index (χ1v) is 9.16. The second-order valence-corrected chi connectivity index (χ2v) is 7.20. The SMILES string of the molecule is O=C(Cn1c(=O)[nH]c(=O)c2ccccc21)N1CCCC1C1CCCC1. The summed E-state index contributed by atoms with van der Waals surface area (Å²) in [5, 5.41) is 0.434. The molecule has 1 atom stereocenters. The number of nitrogens with one attached hydrogen (secondary N) is 1. The summed E-state index contributed by atoms with van der Waals surface area (Å²) in [4.78, 5) is 41.5. The van der Waals surface area contributed by atoms with Crippen LogP contribution in [0.15, 0.2) is 33.9 Å². The Morgan fingerprint density at radius 2 is 1.84 bits per heavy atom. The normalized spacial score (nSPS) is 21.3. The molecule has 1 unspecified atom stereocenters. The Labute approximate surface area is 145 Å². The van der Waals surface area contributed by atoms with Crippen LogP contribution in [0, 0.1) is 5.92 Å². The number of carbonyl (C=O) groups is 1. The molecule has 132 valence electrons.